The lowest BCUT2D eigenvalue weighted by molar-refractivity contribution is -0.132. The first-order chi connectivity index (χ1) is 12.9. The van der Waals surface area contributed by atoms with E-state index in [-0.39, 0.29) is 18.0 Å². The van der Waals surface area contributed by atoms with Gasteiger partial charge in [0, 0.05) is 25.2 Å². The van der Waals surface area contributed by atoms with Crippen molar-refractivity contribution in [3.8, 4) is 0 Å². The Labute approximate surface area is 163 Å². The van der Waals surface area contributed by atoms with Crippen LogP contribution >= 0.6 is 0 Å². The van der Waals surface area contributed by atoms with E-state index >= 15 is 0 Å². The molecule has 0 aliphatic carbocycles. The summed E-state index contributed by atoms with van der Waals surface area (Å²) in [6.07, 6.45) is 3.67. The molecule has 0 spiro atoms. The molecular weight excluding hydrogens is 338 g/mol. The third-order valence-electron chi connectivity index (χ3n) is 6.34. The molecule has 1 N–H and O–H groups in total. The van der Waals surface area contributed by atoms with Gasteiger partial charge >= 0.3 is 6.03 Å². The molecule has 2 atom stereocenters. The lowest BCUT2D eigenvalue weighted by Crippen LogP contribution is -2.69. The maximum Gasteiger partial charge on any atom is 0.324 e. The van der Waals surface area contributed by atoms with Crippen molar-refractivity contribution < 1.29 is 9.59 Å². The summed E-state index contributed by atoms with van der Waals surface area (Å²) in [7, 11) is 0. The highest BCUT2D eigenvalue weighted by molar-refractivity contribution is 6.03. The van der Waals surface area contributed by atoms with Crippen LogP contribution in [0.4, 0.5) is 4.79 Å². The zero-order valence-corrected chi connectivity index (χ0v) is 17.1. The number of nitrogens with one attached hydrogen (secondary N) is 1. The van der Waals surface area contributed by atoms with Gasteiger partial charge in [-0.05, 0) is 58.9 Å². The van der Waals surface area contributed by atoms with Crippen LogP contribution in [0, 0.1) is 0 Å². The summed E-state index contributed by atoms with van der Waals surface area (Å²) in [5.74, 6) is -0.130. The number of rotatable bonds is 6. The molecule has 2 aliphatic heterocycles. The van der Waals surface area contributed by atoms with Crippen molar-refractivity contribution in [3.05, 3.63) is 35.9 Å². The molecule has 2 fully saturated rings. The lowest BCUT2D eigenvalue weighted by atomic mass is 9.66. The first-order valence-electron chi connectivity index (χ1n) is 10.3. The van der Waals surface area contributed by atoms with Gasteiger partial charge in [0.1, 0.15) is 0 Å². The summed E-state index contributed by atoms with van der Waals surface area (Å²) >= 11 is 0. The molecule has 2 heterocycles. The number of urea groups is 1. The number of hydrogen-bond acceptors (Lipinski definition) is 3. The maximum absolute atomic E-state index is 13.4. The fraction of sp³-hybridized carbons (Fsp3) is 0.636. The molecule has 0 radical (unpaired) electrons. The zero-order chi connectivity index (χ0) is 19.6. The van der Waals surface area contributed by atoms with Crippen LogP contribution in [-0.4, -0.2) is 53.0 Å². The third kappa shape index (κ3) is 3.62. The Hall–Kier alpha value is -1.88. The monoisotopic (exact) mass is 371 g/mol. The molecule has 0 bridgehead atoms. The van der Waals surface area contributed by atoms with Gasteiger partial charge in [0.05, 0.1) is 11.5 Å². The topological polar surface area (TPSA) is 52.7 Å². The van der Waals surface area contributed by atoms with Gasteiger partial charge in [0.25, 0.3) is 0 Å². The molecule has 5 heteroatoms. The molecular formula is C22H33N3O2. The summed E-state index contributed by atoms with van der Waals surface area (Å²) in [6, 6.07) is 10.6. The van der Waals surface area contributed by atoms with Gasteiger partial charge in [-0.15, -0.1) is 0 Å². The van der Waals surface area contributed by atoms with Crippen LogP contribution < -0.4 is 5.32 Å². The highest BCUT2D eigenvalue weighted by Crippen LogP contribution is 2.42. The van der Waals surface area contributed by atoms with E-state index in [4.69, 9.17) is 0 Å². The summed E-state index contributed by atoms with van der Waals surface area (Å²) in [5, 5.41) is 2.68. The molecule has 1 aromatic carbocycles. The van der Waals surface area contributed by atoms with Crippen molar-refractivity contribution in [1.82, 2.24) is 15.1 Å². The Kier molecular flexibility index (Phi) is 5.89. The molecule has 2 aliphatic rings. The zero-order valence-electron chi connectivity index (χ0n) is 17.1. The molecule has 3 amide bonds. The first-order valence-corrected chi connectivity index (χ1v) is 10.3. The summed E-state index contributed by atoms with van der Waals surface area (Å²) in [5.41, 5.74) is 0.344. The van der Waals surface area contributed by atoms with E-state index in [1.54, 1.807) is 0 Å². The van der Waals surface area contributed by atoms with Crippen LogP contribution in [0.5, 0.6) is 0 Å². The summed E-state index contributed by atoms with van der Waals surface area (Å²) < 4.78 is 0. The van der Waals surface area contributed by atoms with Crippen molar-refractivity contribution in [3.63, 3.8) is 0 Å². The minimum atomic E-state index is -0.683. The van der Waals surface area contributed by atoms with Gasteiger partial charge in [-0.3, -0.25) is 15.0 Å². The number of fused-ring (bicyclic) bond motifs is 1. The van der Waals surface area contributed by atoms with Crippen LogP contribution in [0.1, 0.15) is 58.9 Å². The largest absolute Gasteiger partial charge is 0.324 e. The van der Waals surface area contributed by atoms with E-state index in [0.29, 0.717) is 18.5 Å². The quantitative estimate of drug-likeness (QED) is 0.832. The normalized spacial score (nSPS) is 25.9. The van der Waals surface area contributed by atoms with E-state index < -0.39 is 5.41 Å². The molecule has 3 rings (SSSR count). The maximum atomic E-state index is 13.4. The fourth-order valence-corrected chi connectivity index (χ4v) is 5.02. The molecule has 0 saturated carbocycles. The molecule has 148 valence electrons. The Morgan fingerprint density at radius 1 is 1.11 bits per heavy atom. The summed E-state index contributed by atoms with van der Waals surface area (Å²) in [4.78, 5) is 30.2. The average molecular weight is 372 g/mol. The van der Waals surface area contributed by atoms with Crippen LogP contribution in [0.2, 0.25) is 0 Å². The predicted molar refractivity (Wildman–Crippen MR) is 108 cm³/mol. The SMILES string of the molecule is CC(C)N(CCC1(c2ccccc2)C(=O)NC(=O)N2CCCCC21)C(C)C. The number of carbonyl (C=O) groups is 2. The Morgan fingerprint density at radius 2 is 1.78 bits per heavy atom. The van der Waals surface area contributed by atoms with E-state index in [1.807, 2.05) is 23.1 Å². The number of hydrogen-bond donors (Lipinski definition) is 1. The number of amides is 3. The number of imide groups is 1. The molecule has 0 aromatic heterocycles. The van der Waals surface area contributed by atoms with Crippen LogP contribution in [0.25, 0.3) is 0 Å². The summed E-state index contributed by atoms with van der Waals surface area (Å²) in [6.45, 7) is 10.4. The third-order valence-corrected chi connectivity index (χ3v) is 6.34. The Bertz CT molecular complexity index is 665. The second-order valence-corrected chi connectivity index (χ2v) is 8.48. The number of piperidine rings is 1. The van der Waals surface area contributed by atoms with Crippen LogP contribution in [0.3, 0.4) is 0 Å². The highest BCUT2D eigenvalue weighted by Gasteiger charge is 2.55. The van der Waals surface area contributed by atoms with Crippen LogP contribution in [-0.2, 0) is 10.2 Å². The highest BCUT2D eigenvalue weighted by atomic mass is 16.2. The van der Waals surface area contributed by atoms with E-state index in [0.717, 1.165) is 37.9 Å². The molecule has 1 aromatic rings. The number of benzene rings is 1. The van der Waals surface area contributed by atoms with Crippen molar-refractivity contribution >= 4 is 11.9 Å². The van der Waals surface area contributed by atoms with Crippen molar-refractivity contribution in [2.24, 2.45) is 0 Å². The first kappa shape index (κ1) is 19.9. The molecule has 2 saturated heterocycles. The predicted octanol–water partition coefficient (Wildman–Crippen LogP) is 3.54. The smallest absolute Gasteiger partial charge is 0.320 e. The second kappa shape index (κ2) is 8.01. The molecule has 27 heavy (non-hydrogen) atoms. The Balaban J connectivity index is 2.02. The molecule has 2 unspecified atom stereocenters. The van der Waals surface area contributed by atoms with Crippen molar-refractivity contribution in [2.75, 3.05) is 13.1 Å². The van der Waals surface area contributed by atoms with Gasteiger partial charge in [-0.25, -0.2) is 4.79 Å². The van der Waals surface area contributed by atoms with Crippen LogP contribution in [0.15, 0.2) is 30.3 Å². The lowest BCUT2D eigenvalue weighted by Gasteiger charge is -2.51. The van der Waals surface area contributed by atoms with Gasteiger partial charge in [-0.1, -0.05) is 30.3 Å². The van der Waals surface area contributed by atoms with Gasteiger partial charge in [0.2, 0.25) is 5.91 Å². The number of carbonyl (C=O) groups excluding carboxylic acids is 2. The Morgan fingerprint density at radius 3 is 2.41 bits per heavy atom. The minimum Gasteiger partial charge on any atom is -0.320 e. The molecule has 5 nitrogen and oxygen atoms in total. The van der Waals surface area contributed by atoms with E-state index in [1.165, 1.54) is 0 Å². The fourth-order valence-electron chi connectivity index (χ4n) is 5.02. The van der Waals surface area contributed by atoms with Gasteiger partial charge in [-0.2, -0.15) is 0 Å². The van der Waals surface area contributed by atoms with Crippen molar-refractivity contribution in [1.29, 1.82) is 0 Å². The average Bonchev–Trinajstić information content (AvgIpc) is 2.64. The van der Waals surface area contributed by atoms with E-state index in [2.05, 4.69) is 50.0 Å². The van der Waals surface area contributed by atoms with Gasteiger partial charge < -0.3 is 4.90 Å². The van der Waals surface area contributed by atoms with Crippen molar-refractivity contribution in [2.45, 2.75) is 76.9 Å². The second-order valence-electron chi connectivity index (χ2n) is 8.48. The minimum absolute atomic E-state index is 0.0592. The van der Waals surface area contributed by atoms with Gasteiger partial charge in [0.15, 0.2) is 0 Å². The standard InChI is InChI=1S/C22H33N3O2/c1-16(2)24(17(3)4)15-13-22(18-10-6-5-7-11-18)19-12-8-9-14-25(19)21(27)23-20(22)26/h5-7,10-11,16-17,19H,8-9,12-15H2,1-4H3,(H,23,26,27). The van der Waals surface area contributed by atoms with E-state index in [9.17, 15) is 9.59 Å². The number of nitrogens with zero attached hydrogens (tertiary/aromatic N) is 2.